The van der Waals surface area contributed by atoms with Gasteiger partial charge in [0.05, 0.1) is 6.61 Å². The number of hydrogen-bond acceptors (Lipinski definition) is 1. The Morgan fingerprint density at radius 3 is 2.14 bits per heavy atom. The van der Waals surface area contributed by atoms with Crippen LogP contribution < -0.4 is 4.74 Å². The summed E-state index contributed by atoms with van der Waals surface area (Å²) >= 11 is 0. The van der Waals surface area contributed by atoms with Gasteiger partial charge in [0.25, 0.3) is 0 Å². The van der Waals surface area contributed by atoms with Gasteiger partial charge < -0.3 is 4.74 Å². The van der Waals surface area contributed by atoms with Gasteiger partial charge in [0.2, 0.25) is 5.82 Å². The van der Waals surface area contributed by atoms with Crippen LogP contribution in [0.2, 0.25) is 0 Å². The van der Waals surface area contributed by atoms with Crippen molar-refractivity contribution >= 4 is 0 Å². The fourth-order valence-electron chi connectivity index (χ4n) is 5.44. The van der Waals surface area contributed by atoms with Crippen LogP contribution in [0, 0.1) is 29.4 Å². The molecule has 1 nitrogen and oxygen atoms in total. The van der Waals surface area contributed by atoms with Crippen LogP contribution in [0.5, 0.6) is 5.75 Å². The van der Waals surface area contributed by atoms with E-state index in [2.05, 4.69) is 19.1 Å². The molecule has 3 heteroatoms. The topological polar surface area (TPSA) is 9.23 Å². The molecular weight excluding hydrogens is 366 g/mol. The van der Waals surface area contributed by atoms with Crippen LogP contribution in [0.4, 0.5) is 8.78 Å². The Morgan fingerprint density at radius 1 is 0.862 bits per heavy atom. The van der Waals surface area contributed by atoms with E-state index in [-0.39, 0.29) is 11.7 Å². The second-order valence-electron chi connectivity index (χ2n) is 9.14. The lowest BCUT2D eigenvalue weighted by Crippen LogP contribution is -2.25. The van der Waals surface area contributed by atoms with Crippen molar-refractivity contribution in [3.8, 4) is 5.75 Å². The zero-order valence-corrected chi connectivity index (χ0v) is 18.3. The molecule has 29 heavy (non-hydrogen) atoms. The maximum Gasteiger partial charge on any atom is 0.200 e. The molecule has 0 heterocycles. The Hall–Kier alpha value is -1.38. The molecule has 0 amide bonds. The summed E-state index contributed by atoms with van der Waals surface area (Å²) in [5, 5.41) is 0. The molecule has 1 aromatic carbocycles. The third kappa shape index (κ3) is 5.83. The number of ether oxygens (including phenoxy) is 1. The van der Waals surface area contributed by atoms with Crippen molar-refractivity contribution in [2.75, 3.05) is 6.61 Å². The largest absolute Gasteiger partial charge is 0.490 e. The van der Waals surface area contributed by atoms with Crippen LogP contribution in [-0.4, -0.2) is 6.61 Å². The van der Waals surface area contributed by atoms with E-state index in [0.717, 1.165) is 56.3 Å². The first-order valence-corrected chi connectivity index (χ1v) is 11.9. The second kappa shape index (κ2) is 11.1. The summed E-state index contributed by atoms with van der Waals surface area (Å²) in [6.07, 6.45) is 17.5. The minimum atomic E-state index is -0.812. The molecule has 2 aliphatic rings. The first-order valence-electron chi connectivity index (χ1n) is 11.9. The van der Waals surface area contributed by atoms with Gasteiger partial charge in [0, 0.05) is 0 Å². The lowest BCUT2D eigenvalue weighted by atomic mass is 9.68. The Labute approximate surface area is 175 Å². The Balaban J connectivity index is 1.50. The highest BCUT2D eigenvalue weighted by atomic mass is 19.2. The molecule has 0 aromatic heterocycles. The van der Waals surface area contributed by atoms with E-state index in [1.54, 1.807) is 12.1 Å². The lowest BCUT2D eigenvalue weighted by Gasteiger charge is -2.38. The predicted octanol–water partition coefficient (Wildman–Crippen LogP) is 8.19. The molecule has 162 valence electrons. The van der Waals surface area contributed by atoms with Crippen LogP contribution in [0.15, 0.2) is 24.3 Å². The molecule has 0 radical (unpaired) electrons. The fourth-order valence-corrected chi connectivity index (χ4v) is 5.44. The zero-order valence-electron chi connectivity index (χ0n) is 18.3. The summed E-state index contributed by atoms with van der Waals surface area (Å²) in [5.41, 5.74) is 0.552. The van der Waals surface area contributed by atoms with E-state index >= 15 is 0 Å². The number of halogens is 2. The van der Waals surface area contributed by atoms with Crippen molar-refractivity contribution in [2.45, 2.75) is 90.4 Å². The summed E-state index contributed by atoms with van der Waals surface area (Å²) in [5.74, 6) is 1.18. The molecule has 2 aliphatic carbocycles. The molecule has 2 fully saturated rings. The van der Waals surface area contributed by atoms with Crippen molar-refractivity contribution in [3.05, 3.63) is 41.5 Å². The monoisotopic (exact) mass is 404 g/mol. The summed E-state index contributed by atoms with van der Waals surface area (Å²) < 4.78 is 34.3. The van der Waals surface area contributed by atoms with E-state index in [1.165, 1.54) is 32.1 Å². The lowest BCUT2D eigenvalue weighted by molar-refractivity contribution is 0.160. The average molecular weight is 405 g/mol. The standard InChI is InChI=1S/C26H38F2O/c1-3-5-6-7-19-8-10-20(11-9-19)21-12-14-22(15-13-21)23-16-17-24(29-18-4-2)26(28)25(23)27/h5-6,16-17,19-22H,3-4,7-15,18H2,1-2H3/b6-5-. The summed E-state index contributed by atoms with van der Waals surface area (Å²) in [6.45, 7) is 4.56. The summed E-state index contributed by atoms with van der Waals surface area (Å²) in [7, 11) is 0. The van der Waals surface area contributed by atoms with Gasteiger partial charge in [-0.25, -0.2) is 4.39 Å². The first-order chi connectivity index (χ1) is 14.1. The van der Waals surface area contributed by atoms with Crippen LogP contribution >= 0.6 is 0 Å². The quantitative estimate of drug-likeness (QED) is 0.397. The first kappa shape index (κ1) is 22.3. The minimum Gasteiger partial charge on any atom is -0.490 e. The average Bonchev–Trinajstić information content (AvgIpc) is 2.76. The SMILES string of the molecule is CC/C=C\CC1CCC(C2CCC(c3ccc(OCCC)c(F)c3F)CC2)CC1. The molecule has 3 rings (SSSR count). The minimum absolute atomic E-state index is 0.0485. The van der Waals surface area contributed by atoms with Crippen molar-refractivity contribution in [3.63, 3.8) is 0 Å². The number of hydrogen-bond donors (Lipinski definition) is 0. The molecular formula is C26H38F2O. The highest BCUT2D eigenvalue weighted by Crippen LogP contribution is 2.45. The van der Waals surface area contributed by atoms with E-state index in [1.807, 2.05) is 6.92 Å². The fraction of sp³-hybridized carbons (Fsp3) is 0.692. The zero-order chi connectivity index (χ0) is 20.6. The van der Waals surface area contributed by atoms with Gasteiger partial charge in [-0.05, 0) is 106 Å². The van der Waals surface area contributed by atoms with Crippen molar-refractivity contribution in [2.24, 2.45) is 17.8 Å². The smallest absolute Gasteiger partial charge is 0.200 e. The van der Waals surface area contributed by atoms with E-state index in [9.17, 15) is 8.78 Å². The number of rotatable bonds is 8. The van der Waals surface area contributed by atoms with Crippen molar-refractivity contribution in [1.82, 2.24) is 0 Å². The maximum atomic E-state index is 14.6. The van der Waals surface area contributed by atoms with Gasteiger partial charge in [0.15, 0.2) is 11.6 Å². The van der Waals surface area contributed by atoms with Crippen molar-refractivity contribution in [1.29, 1.82) is 0 Å². The van der Waals surface area contributed by atoms with E-state index < -0.39 is 11.6 Å². The van der Waals surface area contributed by atoms with Crippen LogP contribution in [-0.2, 0) is 0 Å². The Kier molecular flexibility index (Phi) is 8.56. The molecule has 0 unspecified atom stereocenters. The van der Waals surface area contributed by atoms with Gasteiger partial charge in [-0.15, -0.1) is 0 Å². The molecule has 0 bridgehead atoms. The van der Waals surface area contributed by atoms with Crippen LogP contribution in [0.3, 0.4) is 0 Å². The molecule has 0 saturated heterocycles. The highest BCUT2D eigenvalue weighted by Gasteiger charge is 2.32. The molecule has 1 aromatic rings. The van der Waals surface area contributed by atoms with Gasteiger partial charge >= 0.3 is 0 Å². The molecule has 0 N–H and O–H groups in total. The molecule has 0 aliphatic heterocycles. The van der Waals surface area contributed by atoms with E-state index in [4.69, 9.17) is 4.74 Å². The molecule has 0 spiro atoms. The maximum absolute atomic E-state index is 14.6. The molecule has 0 atom stereocenters. The normalized spacial score (nSPS) is 28.0. The summed E-state index contributed by atoms with van der Waals surface area (Å²) in [4.78, 5) is 0. The van der Waals surface area contributed by atoms with Crippen molar-refractivity contribution < 1.29 is 13.5 Å². The van der Waals surface area contributed by atoms with Gasteiger partial charge in [-0.2, -0.15) is 4.39 Å². The van der Waals surface area contributed by atoms with Gasteiger partial charge in [0.1, 0.15) is 0 Å². The Bertz CT molecular complexity index is 653. The number of allylic oxidation sites excluding steroid dienone is 2. The van der Waals surface area contributed by atoms with Crippen LogP contribution in [0.1, 0.15) is 96.0 Å². The molecule has 2 saturated carbocycles. The van der Waals surface area contributed by atoms with Crippen LogP contribution in [0.25, 0.3) is 0 Å². The summed E-state index contributed by atoms with van der Waals surface area (Å²) in [6, 6.07) is 3.37. The second-order valence-corrected chi connectivity index (χ2v) is 9.14. The van der Waals surface area contributed by atoms with Gasteiger partial charge in [-0.1, -0.05) is 32.1 Å². The number of benzene rings is 1. The third-order valence-corrected chi connectivity index (χ3v) is 7.18. The highest BCUT2D eigenvalue weighted by molar-refractivity contribution is 5.33. The predicted molar refractivity (Wildman–Crippen MR) is 116 cm³/mol. The Morgan fingerprint density at radius 2 is 1.52 bits per heavy atom. The third-order valence-electron chi connectivity index (χ3n) is 7.18. The van der Waals surface area contributed by atoms with E-state index in [0.29, 0.717) is 12.2 Å². The van der Waals surface area contributed by atoms with Gasteiger partial charge in [-0.3, -0.25) is 0 Å².